The van der Waals surface area contributed by atoms with Gasteiger partial charge in [0.25, 0.3) is 5.56 Å². The molecule has 0 spiro atoms. The number of carboxylic acid groups (broad SMARTS) is 1. The summed E-state index contributed by atoms with van der Waals surface area (Å²) < 4.78 is 6.04. The lowest BCUT2D eigenvalue weighted by molar-refractivity contribution is -0.0544. The zero-order valence-electron chi connectivity index (χ0n) is 9.71. The Hall–Kier alpha value is -1.74. The number of aromatic carboxylic acids is 1. The maximum absolute atomic E-state index is 11.7. The van der Waals surface area contributed by atoms with Gasteiger partial charge in [0.15, 0.2) is 6.23 Å². The van der Waals surface area contributed by atoms with Gasteiger partial charge in [-0.25, -0.2) is 4.79 Å². The molecule has 0 aliphatic carbocycles. The van der Waals surface area contributed by atoms with E-state index in [1.165, 1.54) is 0 Å². The second-order valence-corrected chi connectivity index (χ2v) is 4.20. The van der Waals surface area contributed by atoms with Crippen LogP contribution in [0.15, 0.2) is 23.1 Å². The highest BCUT2D eigenvalue weighted by molar-refractivity contribution is 5.87. The van der Waals surface area contributed by atoms with Gasteiger partial charge in [-0.15, -0.1) is 0 Å². The van der Waals surface area contributed by atoms with E-state index < -0.39 is 42.7 Å². The summed E-state index contributed by atoms with van der Waals surface area (Å²) in [5.41, 5.74) is -0.739. The summed E-state index contributed by atoms with van der Waals surface area (Å²) in [4.78, 5) is 22.5. The first-order chi connectivity index (χ1) is 8.95. The van der Waals surface area contributed by atoms with E-state index in [0.717, 1.165) is 22.9 Å². The second kappa shape index (κ2) is 5.10. The number of pyridine rings is 1. The summed E-state index contributed by atoms with van der Waals surface area (Å²) in [7, 11) is 0. The lowest BCUT2D eigenvalue weighted by Crippen LogP contribution is -2.35. The van der Waals surface area contributed by atoms with E-state index in [1.54, 1.807) is 0 Å². The Morgan fingerprint density at radius 2 is 2.00 bits per heavy atom. The summed E-state index contributed by atoms with van der Waals surface area (Å²) in [6, 6.07) is 2.15. The molecule has 2 heterocycles. The van der Waals surface area contributed by atoms with Crippen molar-refractivity contribution in [3.05, 3.63) is 34.2 Å². The van der Waals surface area contributed by atoms with E-state index in [2.05, 4.69) is 0 Å². The molecule has 8 nitrogen and oxygen atoms in total. The predicted octanol–water partition coefficient (Wildman–Crippen LogP) is -1.84. The van der Waals surface area contributed by atoms with Gasteiger partial charge in [-0.2, -0.15) is 0 Å². The van der Waals surface area contributed by atoms with Crippen molar-refractivity contribution in [2.24, 2.45) is 0 Å². The highest BCUT2D eigenvalue weighted by Gasteiger charge is 2.43. The number of carbonyl (C=O) groups is 1. The number of rotatable bonds is 3. The van der Waals surface area contributed by atoms with Gasteiger partial charge in [-0.05, 0) is 6.07 Å². The molecule has 8 heteroatoms. The number of nitrogens with zero attached hydrogens (tertiary/aromatic N) is 1. The molecule has 0 amide bonds. The van der Waals surface area contributed by atoms with Crippen LogP contribution in [0.5, 0.6) is 0 Å². The predicted molar refractivity (Wildman–Crippen MR) is 60.7 cm³/mol. The fourth-order valence-corrected chi connectivity index (χ4v) is 1.94. The van der Waals surface area contributed by atoms with Crippen LogP contribution in [0.3, 0.4) is 0 Å². The maximum atomic E-state index is 11.7. The number of aliphatic hydroxyl groups excluding tert-OH is 3. The lowest BCUT2D eigenvalue weighted by atomic mass is 10.1. The third kappa shape index (κ3) is 2.38. The third-order valence-electron chi connectivity index (χ3n) is 2.98. The van der Waals surface area contributed by atoms with Crippen molar-refractivity contribution in [2.75, 3.05) is 6.61 Å². The first-order valence-corrected chi connectivity index (χ1v) is 5.53. The third-order valence-corrected chi connectivity index (χ3v) is 2.98. The molecule has 1 aromatic rings. The Labute approximate surface area is 107 Å². The summed E-state index contributed by atoms with van der Waals surface area (Å²) in [5, 5.41) is 37.2. The standard InChI is InChI=1S/C11H13NO7/c13-4-6-8(15)9(16)10(19-6)12-3-5(11(17)18)1-2-7(12)14/h1-3,6,8-10,13,15-16H,4H2,(H,17,18)/t6-,8-,9-,10?/m1/s1. The molecule has 4 atom stereocenters. The fourth-order valence-electron chi connectivity index (χ4n) is 1.94. The highest BCUT2D eigenvalue weighted by atomic mass is 16.6. The van der Waals surface area contributed by atoms with Crippen LogP contribution in [0.2, 0.25) is 0 Å². The van der Waals surface area contributed by atoms with E-state index in [-0.39, 0.29) is 5.56 Å². The Kier molecular flexibility index (Phi) is 3.67. The molecule has 0 saturated carbocycles. The van der Waals surface area contributed by atoms with Crippen molar-refractivity contribution in [1.29, 1.82) is 0 Å². The number of hydrogen-bond acceptors (Lipinski definition) is 6. The van der Waals surface area contributed by atoms with Gasteiger partial charge >= 0.3 is 5.97 Å². The molecule has 2 rings (SSSR count). The smallest absolute Gasteiger partial charge is 0.337 e. The largest absolute Gasteiger partial charge is 0.478 e. The number of aromatic nitrogens is 1. The molecular weight excluding hydrogens is 258 g/mol. The summed E-state index contributed by atoms with van der Waals surface area (Å²) in [6.07, 6.45) is -4.03. The topological polar surface area (TPSA) is 129 Å². The fraction of sp³-hybridized carbons (Fsp3) is 0.455. The van der Waals surface area contributed by atoms with Crippen LogP contribution < -0.4 is 5.56 Å². The maximum Gasteiger partial charge on any atom is 0.337 e. The Morgan fingerprint density at radius 1 is 1.32 bits per heavy atom. The van der Waals surface area contributed by atoms with Crippen LogP contribution >= 0.6 is 0 Å². The minimum Gasteiger partial charge on any atom is -0.478 e. The summed E-state index contributed by atoms with van der Waals surface area (Å²) >= 11 is 0. The van der Waals surface area contributed by atoms with Gasteiger partial charge in [0.1, 0.15) is 18.3 Å². The van der Waals surface area contributed by atoms with Crippen LogP contribution in [-0.2, 0) is 4.74 Å². The average molecular weight is 271 g/mol. The Bertz CT molecular complexity index is 540. The molecule has 1 aliphatic heterocycles. The van der Waals surface area contributed by atoms with E-state index in [0.29, 0.717) is 0 Å². The molecule has 1 unspecified atom stereocenters. The zero-order chi connectivity index (χ0) is 14.2. The normalized spacial score (nSPS) is 30.5. The summed E-state index contributed by atoms with van der Waals surface area (Å²) in [6.45, 7) is -0.526. The molecule has 0 aromatic carbocycles. The van der Waals surface area contributed by atoms with Gasteiger partial charge in [-0.1, -0.05) is 0 Å². The van der Waals surface area contributed by atoms with Gasteiger partial charge in [0.2, 0.25) is 0 Å². The van der Waals surface area contributed by atoms with Crippen LogP contribution in [0.1, 0.15) is 16.6 Å². The molecule has 0 radical (unpaired) electrons. The van der Waals surface area contributed by atoms with Crippen LogP contribution in [-0.4, -0.2) is 55.9 Å². The molecule has 0 bridgehead atoms. The van der Waals surface area contributed by atoms with Crippen molar-refractivity contribution < 1.29 is 30.0 Å². The molecule has 1 aromatic heterocycles. The van der Waals surface area contributed by atoms with Crippen molar-refractivity contribution in [3.8, 4) is 0 Å². The van der Waals surface area contributed by atoms with E-state index >= 15 is 0 Å². The van der Waals surface area contributed by atoms with E-state index in [4.69, 9.17) is 14.9 Å². The Morgan fingerprint density at radius 3 is 2.53 bits per heavy atom. The highest BCUT2D eigenvalue weighted by Crippen LogP contribution is 2.28. The molecule has 104 valence electrons. The van der Waals surface area contributed by atoms with Crippen molar-refractivity contribution in [2.45, 2.75) is 24.5 Å². The number of aliphatic hydroxyl groups is 3. The van der Waals surface area contributed by atoms with Crippen LogP contribution in [0.4, 0.5) is 0 Å². The monoisotopic (exact) mass is 271 g/mol. The number of carboxylic acids is 1. The van der Waals surface area contributed by atoms with Gasteiger partial charge < -0.3 is 25.2 Å². The minimum absolute atomic E-state index is 0.155. The van der Waals surface area contributed by atoms with Crippen LogP contribution in [0, 0.1) is 0 Å². The lowest BCUT2D eigenvalue weighted by Gasteiger charge is -2.17. The van der Waals surface area contributed by atoms with Gasteiger partial charge in [-0.3, -0.25) is 9.36 Å². The minimum atomic E-state index is -1.43. The number of ether oxygens (including phenoxy) is 1. The zero-order valence-corrected chi connectivity index (χ0v) is 9.71. The molecule has 4 N–H and O–H groups in total. The van der Waals surface area contributed by atoms with E-state index in [1.807, 2.05) is 0 Å². The molecular formula is C11H13NO7. The van der Waals surface area contributed by atoms with Crippen molar-refractivity contribution >= 4 is 5.97 Å². The summed E-state index contributed by atoms with van der Waals surface area (Å²) in [5.74, 6) is -1.24. The SMILES string of the molecule is O=C(O)c1ccc(=O)n(C2O[C@H](CO)[C@@H](O)[C@H]2O)c1. The second-order valence-electron chi connectivity index (χ2n) is 4.20. The molecule has 1 fully saturated rings. The average Bonchev–Trinajstić information content (AvgIpc) is 2.66. The van der Waals surface area contributed by atoms with E-state index in [9.17, 15) is 19.8 Å². The van der Waals surface area contributed by atoms with Crippen molar-refractivity contribution in [1.82, 2.24) is 4.57 Å². The van der Waals surface area contributed by atoms with Gasteiger partial charge in [0, 0.05) is 12.3 Å². The molecule has 1 aliphatic rings. The molecule has 1 saturated heterocycles. The molecule has 19 heavy (non-hydrogen) atoms. The number of hydrogen-bond donors (Lipinski definition) is 4. The van der Waals surface area contributed by atoms with Crippen molar-refractivity contribution in [3.63, 3.8) is 0 Å². The van der Waals surface area contributed by atoms with Gasteiger partial charge in [0.05, 0.1) is 12.2 Å². The first kappa shape index (κ1) is 13.7. The Balaban J connectivity index is 2.39. The first-order valence-electron chi connectivity index (χ1n) is 5.53. The van der Waals surface area contributed by atoms with Crippen LogP contribution in [0.25, 0.3) is 0 Å². The quantitative estimate of drug-likeness (QED) is 0.508.